The second kappa shape index (κ2) is 6.72. The van der Waals surface area contributed by atoms with Crippen LogP contribution in [0.2, 0.25) is 0 Å². The minimum Gasteiger partial charge on any atom is -0.369 e. The van der Waals surface area contributed by atoms with Crippen LogP contribution in [-0.2, 0) is 4.74 Å². The van der Waals surface area contributed by atoms with Gasteiger partial charge in [-0.25, -0.2) is 0 Å². The van der Waals surface area contributed by atoms with Gasteiger partial charge in [0.05, 0.1) is 31.0 Å². The van der Waals surface area contributed by atoms with Crippen molar-refractivity contribution >= 4 is 23.1 Å². The van der Waals surface area contributed by atoms with Gasteiger partial charge in [0, 0.05) is 18.5 Å². The number of amides is 1. The van der Waals surface area contributed by atoms with Crippen LogP contribution in [0, 0.1) is 6.92 Å². The number of aromatic nitrogens is 2. The van der Waals surface area contributed by atoms with E-state index in [2.05, 4.69) is 15.1 Å². The first-order chi connectivity index (χ1) is 12.2. The number of nitrogens with zero attached hydrogens (tertiary/aromatic N) is 4. The Labute approximate surface area is 151 Å². The van der Waals surface area contributed by atoms with E-state index in [-0.39, 0.29) is 11.5 Å². The van der Waals surface area contributed by atoms with Gasteiger partial charge in [-0.3, -0.25) is 4.79 Å². The van der Waals surface area contributed by atoms with Crippen LogP contribution in [0.25, 0.3) is 0 Å². The van der Waals surface area contributed by atoms with E-state index in [1.54, 1.807) is 11.3 Å². The van der Waals surface area contributed by atoms with Crippen LogP contribution in [0.3, 0.4) is 0 Å². The molecule has 0 radical (unpaired) electrons. The molecule has 0 unspecified atom stereocenters. The van der Waals surface area contributed by atoms with Crippen LogP contribution in [0.1, 0.15) is 28.9 Å². The molecule has 0 aromatic carbocycles. The van der Waals surface area contributed by atoms with Crippen molar-refractivity contribution in [1.29, 1.82) is 0 Å². The summed E-state index contributed by atoms with van der Waals surface area (Å²) in [6, 6.07) is 5.89. The van der Waals surface area contributed by atoms with Crippen molar-refractivity contribution < 1.29 is 9.53 Å². The van der Waals surface area contributed by atoms with Gasteiger partial charge in [-0.05, 0) is 43.3 Å². The van der Waals surface area contributed by atoms with E-state index in [0.29, 0.717) is 19.7 Å². The van der Waals surface area contributed by atoms with Gasteiger partial charge < -0.3 is 14.5 Å². The molecule has 0 saturated carbocycles. The SMILES string of the molecule is Cc1ccc(N2CCC[C@@]3(CN(C(=O)c4ccsc4)CCO3)C2)nn1. The Morgan fingerprint density at radius 2 is 2.16 bits per heavy atom. The number of piperidine rings is 1. The quantitative estimate of drug-likeness (QED) is 0.825. The largest absolute Gasteiger partial charge is 0.369 e. The lowest BCUT2D eigenvalue weighted by Gasteiger charge is -2.48. The van der Waals surface area contributed by atoms with Gasteiger partial charge in [-0.2, -0.15) is 16.4 Å². The van der Waals surface area contributed by atoms with Crippen LogP contribution < -0.4 is 4.90 Å². The molecule has 2 aromatic heterocycles. The summed E-state index contributed by atoms with van der Waals surface area (Å²) in [5, 5.41) is 12.3. The summed E-state index contributed by atoms with van der Waals surface area (Å²) < 4.78 is 6.20. The Morgan fingerprint density at radius 1 is 1.24 bits per heavy atom. The minimum atomic E-state index is -0.311. The van der Waals surface area contributed by atoms with E-state index < -0.39 is 0 Å². The van der Waals surface area contributed by atoms with E-state index >= 15 is 0 Å². The first-order valence-electron chi connectivity index (χ1n) is 8.66. The molecule has 2 aromatic rings. The summed E-state index contributed by atoms with van der Waals surface area (Å²) in [4.78, 5) is 16.9. The van der Waals surface area contributed by atoms with Crippen molar-refractivity contribution in [2.24, 2.45) is 0 Å². The fraction of sp³-hybridized carbons (Fsp3) is 0.500. The predicted molar refractivity (Wildman–Crippen MR) is 97.1 cm³/mol. The number of carbonyl (C=O) groups excluding carboxylic acids is 1. The zero-order valence-corrected chi connectivity index (χ0v) is 15.2. The number of anilines is 1. The number of hydrogen-bond donors (Lipinski definition) is 0. The molecule has 2 fully saturated rings. The molecular weight excluding hydrogens is 336 g/mol. The highest BCUT2D eigenvalue weighted by molar-refractivity contribution is 7.08. The van der Waals surface area contributed by atoms with Crippen LogP contribution >= 0.6 is 11.3 Å². The third-order valence-corrected chi connectivity index (χ3v) is 5.63. The highest BCUT2D eigenvalue weighted by Gasteiger charge is 2.42. The Morgan fingerprint density at radius 3 is 2.92 bits per heavy atom. The first-order valence-corrected chi connectivity index (χ1v) is 9.60. The monoisotopic (exact) mass is 358 g/mol. The molecular formula is C18H22N4O2S. The summed E-state index contributed by atoms with van der Waals surface area (Å²) in [5.74, 6) is 0.991. The number of rotatable bonds is 2. The molecule has 132 valence electrons. The summed E-state index contributed by atoms with van der Waals surface area (Å²) in [5.41, 5.74) is 1.38. The third kappa shape index (κ3) is 3.39. The first kappa shape index (κ1) is 16.5. The van der Waals surface area contributed by atoms with E-state index in [0.717, 1.165) is 43.0 Å². The van der Waals surface area contributed by atoms with Crippen molar-refractivity contribution in [3.8, 4) is 0 Å². The van der Waals surface area contributed by atoms with Gasteiger partial charge in [-0.1, -0.05) is 0 Å². The fourth-order valence-electron chi connectivity index (χ4n) is 3.69. The topological polar surface area (TPSA) is 58.6 Å². The Balaban J connectivity index is 1.50. The fourth-order valence-corrected chi connectivity index (χ4v) is 4.32. The van der Waals surface area contributed by atoms with Crippen molar-refractivity contribution in [2.45, 2.75) is 25.4 Å². The normalized spacial score (nSPS) is 23.9. The predicted octanol–water partition coefficient (Wildman–Crippen LogP) is 2.36. The standard InChI is InChI=1S/C18H22N4O2S/c1-14-3-4-16(20-19-14)21-7-2-6-18(12-21)13-22(8-9-24-18)17(23)15-5-10-25-11-15/h3-5,10-11H,2,6-9,12-13H2,1H3/t18-/m0/s1. The molecule has 6 nitrogen and oxygen atoms in total. The highest BCUT2D eigenvalue weighted by Crippen LogP contribution is 2.31. The molecule has 2 saturated heterocycles. The van der Waals surface area contributed by atoms with Gasteiger partial charge in [-0.15, -0.1) is 5.10 Å². The Kier molecular flexibility index (Phi) is 4.43. The third-order valence-electron chi connectivity index (χ3n) is 4.95. The van der Waals surface area contributed by atoms with E-state index in [4.69, 9.17) is 4.74 Å². The maximum absolute atomic E-state index is 12.7. The number of ether oxygens (including phenoxy) is 1. The molecule has 4 rings (SSSR count). The molecule has 0 aliphatic carbocycles. The van der Waals surface area contributed by atoms with E-state index in [1.165, 1.54) is 0 Å². The van der Waals surface area contributed by atoms with Crippen molar-refractivity contribution in [2.75, 3.05) is 37.7 Å². The lowest BCUT2D eigenvalue weighted by atomic mass is 9.90. The van der Waals surface area contributed by atoms with Crippen molar-refractivity contribution in [3.05, 3.63) is 40.2 Å². The van der Waals surface area contributed by atoms with Gasteiger partial charge in [0.1, 0.15) is 5.60 Å². The molecule has 1 amide bonds. The van der Waals surface area contributed by atoms with Crippen LogP contribution in [-0.4, -0.2) is 59.4 Å². The van der Waals surface area contributed by atoms with Crippen molar-refractivity contribution in [1.82, 2.24) is 15.1 Å². The molecule has 1 atom stereocenters. The summed E-state index contributed by atoms with van der Waals surface area (Å²) in [7, 11) is 0. The zero-order valence-electron chi connectivity index (χ0n) is 14.4. The molecule has 7 heteroatoms. The average molecular weight is 358 g/mol. The minimum absolute atomic E-state index is 0.108. The molecule has 2 aliphatic rings. The van der Waals surface area contributed by atoms with Crippen LogP contribution in [0.5, 0.6) is 0 Å². The molecule has 0 N–H and O–H groups in total. The van der Waals surface area contributed by atoms with E-state index in [9.17, 15) is 4.79 Å². The van der Waals surface area contributed by atoms with Gasteiger partial charge in [0.25, 0.3) is 5.91 Å². The molecule has 1 spiro atoms. The maximum atomic E-state index is 12.7. The van der Waals surface area contributed by atoms with Crippen LogP contribution in [0.15, 0.2) is 29.0 Å². The number of carbonyl (C=O) groups is 1. The van der Waals surface area contributed by atoms with Crippen LogP contribution in [0.4, 0.5) is 5.82 Å². The van der Waals surface area contributed by atoms with Gasteiger partial charge in [0.2, 0.25) is 0 Å². The molecule has 0 bridgehead atoms. The maximum Gasteiger partial charge on any atom is 0.254 e. The summed E-state index contributed by atoms with van der Waals surface area (Å²) >= 11 is 1.56. The van der Waals surface area contributed by atoms with E-state index in [1.807, 2.05) is 40.8 Å². The Bertz CT molecular complexity index is 730. The van der Waals surface area contributed by atoms with Gasteiger partial charge >= 0.3 is 0 Å². The number of thiophene rings is 1. The summed E-state index contributed by atoms with van der Waals surface area (Å²) in [6.45, 7) is 5.51. The second-order valence-corrected chi connectivity index (χ2v) is 7.61. The summed E-state index contributed by atoms with van der Waals surface area (Å²) in [6.07, 6.45) is 1.99. The highest BCUT2D eigenvalue weighted by atomic mass is 32.1. The Hall–Kier alpha value is -1.99. The lowest BCUT2D eigenvalue weighted by molar-refractivity contribution is -0.105. The average Bonchev–Trinajstić information content (AvgIpc) is 3.16. The number of morpholine rings is 1. The molecule has 2 aliphatic heterocycles. The number of hydrogen-bond acceptors (Lipinski definition) is 6. The van der Waals surface area contributed by atoms with Crippen molar-refractivity contribution in [3.63, 3.8) is 0 Å². The second-order valence-electron chi connectivity index (χ2n) is 6.83. The van der Waals surface area contributed by atoms with Gasteiger partial charge in [0.15, 0.2) is 5.82 Å². The molecule has 25 heavy (non-hydrogen) atoms. The lowest BCUT2D eigenvalue weighted by Crippen LogP contribution is -2.61. The number of aryl methyl sites for hydroxylation is 1. The zero-order chi connectivity index (χ0) is 17.3. The molecule has 4 heterocycles. The smallest absolute Gasteiger partial charge is 0.254 e.